The van der Waals surface area contributed by atoms with E-state index in [9.17, 15) is 19.7 Å². The maximum absolute atomic E-state index is 12.1. The third-order valence-corrected chi connectivity index (χ3v) is 2.97. The number of carbonyl (C=O) groups excluding carboxylic acids is 2. The zero-order valence-corrected chi connectivity index (χ0v) is 12.3. The fraction of sp³-hybridized carbons (Fsp3) is 0.125. The molecule has 0 spiro atoms. The number of nitrogens with one attached hydrogen (secondary N) is 1. The highest BCUT2D eigenvalue weighted by Gasteiger charge is 2.13. The Kier molecular flexibility index (Phi) is 5.03. The van der Waals surface area contributed by atoms with E-state index in [1.807, 2.05) is 0 Å². The minimum Gasteiger partial charge on any atom is -0.457 e. The van der Waals surface area contributed by atoms with Crippen LogP contribution in [0, 0.1) is 10.1 Å². The number of carbonyl (C=O) groups is 2. The monoisotopic (exact) mass is 314 g/mol. The van der Waals surface area contributed by atoms with Gasteiger partial charge in [0.05, 0.1) is 16.2 Å². The van der Waals surface area contributed by atoms with Crippen LogP contribution in [0.4, 0.5) is 11.4 Å². The normalized spacial score (nSPS) is 9.96. The van der Waals surface area contributed by atoms with E-state index in [2.05, 4.69) is 5.32 Å². The van der Waals surface area contributed by atoms with Crippen molar-refractivity contribution in [3.63, 3.8) is 0 Å². The minimum atomic E-state index is -0.590. The molecule has 0 bridgehead atoms. The lowest BCUT2D eigenvalue weighted by atomic mass is 10.1. The number of ether oxygens (including phenoxy) is 1. The molecule has 0 saturated carbocycles. The second-order valence-corrected chi connectivity index (χ2v) is 4.73. The molecule has 0 unspecified atom stereocenters. The summed E-state index contributed by atoms with van der Waals surface area (Å²) >= 11 is 0. The lowest BCUT2D eigenvalue weighted by Crippen LogP contribution is -2.12. The number of nitro groups is 1. The summed E-state index contributed by atoms with van der Waals surface area (Å²) in [5, 5.41) is 13.1. The highest BCUT2D eigenvalue weighted by atomic mass is 16.6. The number of para-hydroxylation sites is 1. The molecule has 2 aromatic carbocycles. The molecule has 23 heavy (non-hydrogen) atoms. The molecule has 0 aliphatic heterocycles. The first-order valence-corrected chi connectivity index (χ1v) is 6.74. The summed E-state index contributed by atoms with van der Waals surface area (Å²) in [4.78, 5) is 33.3. The molecule has 0 aromatic heterocycles. The number of amides is 1. The molecular weight excluding hydrogens is 300 g/mol. The maximum Gasteiger partial charge on any atom is 0.340 e. The Morgan fingerprint density at radius 1 is 1.13 bits per heavy atom. The fourth-order valence-electron chi connectivity index (χ4n) is 1.90. The zero-order valence-electron chi connectivity index (χ0n) is 12.3. The number of anilines is 1. The molecule has 0 radical (unpaired) electrons. The second-order valence-electron chi connectivity index (χ2n) is 4.73. The van der Waals surface area contributed by atoms with Gasteiger partial charge in [0, 0.05) is 19.1 Å². The fourth-order valence-corrected chi connectivity index (χ4v) is 1.90. The largest absolute Gasteiger partial charge is 0.457 e. The number of nitro benzene ring substituents is 1. The molecule has 2 aromatic rings. The Morgan fingerprint density at radius 3 is 2.39 bits per heavy atom. The topological polar surface area (TPSA) is 98.5 Å². The molecule has 1 amide bonds. The van der Waals surface area contributed by atoms with E-state index in [4.69, 9.17) is 4.74 Å². The van der Waals surface area contributed by atoms with E-state index < -0.39 is 10.9 Å². The summed E-state index contributed by atoms with van der Waals surface area (Å²) in [5.74, 6) is -0.881. The Bertz CT molecular complexity index is 740. The lowest BCUT2D eigenvalue weighted by molar-refractivity contribution is -0.384. The van der Waals surface area contributed by atoms with Gasteiger partial charge < -0.3 is 10.1 Å². The van der Waals surface area contributed by atoms with Gasteiger partial charge >= 0.3 is 5.97 Å². The predicted octanol–water partition coefficient (Wildman–Crippen LogP) is 2.91. The van der Waals surface area contributed by atoms with E-state index in [1.54, 1.807) is 24.3 Å². The highest BCUT2D eigenvalue weighted by Crippen LogP contribution is 2.18. The van der Waals surface area contributed by atoms with Crippen LogP contribution in [0.2, 0.25) is 0 Å². The number of hydrogen-bond acceptors (Lipinski definition) is 5. The van der Waals surface area contributed by atoms with Gasteiger partial charge in [0.15, 0.2) is 0 Å². The van der Waals surface area contributed by atoms with Gasteiger partial charge in [-0.25, -0.2) is 4.79 Å². The lowest BCUT2D eigenvalue weighted by Gasteiger charge is -2.09. The van der Waals surface area contributed by atoms with Crippen LogP contribution < -0.4 is 5.32 Å². The molecule has 0 atom stereocenters. The van der Waals surface area contributed by atoms with Crippen molar-refractivity contribution in [1.82, 2.24) is 0 Å². The van der Waals surface area contributed by atoms with Gasteiger partial charge in [-0.3, -0.25) is 14.9 Å². The summed E-state index contributed by atoms with van der Waals surface area (Å²) in [6.45, 7) is 1.32. The zero-order chi connectivity index (χ0) is 16.8. The Morgan fingerprint density at radius 2 is 1.78 bits per heavy atom. The average Bonchev–Trinajstić information content (AvgIpc) is 2.53. The van der Waals surface area contributed by atoms with Gasteiger partial charge in [-0.1, -0.05) is 12.1 Å². The van der Waals surface area contributed by atoms with Crippen LogP contribution in [0.3, 0.4) is 0 Å². The van der Waals surface area contributed by atoms with Crippen LogP contribution in [-0.4, -0.2) is 16.8 Å². The van der Waals surface area contributed by atoms with E-state index in [0.717, 1.165) is 0 Å². The van der Waals surface area contributed by atoms with Crippen LogP contribution in [0.1, 0.15) is 22.8 Å². The van der Waals surface area contributed by atoms with Crippen molar-refractivity contribution in [3.05, 3.63) is 69.8 Å². The molecular formula is C16H14N2O5. The first-order valence-electron chi connectivity index (χ1n) is 6.74. The number of benzene rings is 2. The molecule has 7 nitrogen and oxygen atoms in total. The molecule has 118 valence electrons. The van der Waals surface area contributed by atoms with Crippen molar-refractivity contribution in [2.75, 3.05) is 5.32 Å². The summed E-state index contributed by atoms with van der Waals surface area (Å²) in [6.07, 6.45) is 0. The van der Waals surface area contributed by atoms with Gasteiger partial charge in [0.25, 0.3) is 5.69 Å². The Balaban J connectivity index is 2.05. The third kappa shape index (κ3) is 4.37. The van der Waals surface area contributed by atoms with Crippen molar-refractivity contribution in [2.45, 2.75) is 13.5 Å². The quantitative estimate of drug-likeness (QED) is 0.520. The van der Waals surface area contributed by atoms with Gasteiger partial charge in [0.2, 0.25) is 5.91 Å². The standard InChI is InChI=1S/C16H14N2O5/c1-11(19)17-15-5-3-2-4-14(15)16(20)23-10-12-6-8-13(9-7-12)18(21)22/h2-9H,10H2,1H3,(H,17,19). The second kappa shape index (κ2) is 7.17. The third-order valence-electron chi connectivity index (χ3n) is 2.97. The first-order chi connectivity index (χ1) is 11.0. The molecule has 0 aliphatic rings. The molecule has 0 saturated heterocycles. The summed E-state index contributed by atoms with van der Waals surface area (Å²) < 4.78 is 5.18. The SMILES string of the molecule is CC(=O)Nc1ccccc1C(=O)OCc1ccc([N+](=O)[O-])cc1. The van der Waals surface area contributed by atoms with Crippen LogP contribution in [0.15, 0.2) is 48.5 Å². The van der Waals surface area contributed by atoms with Crippen LogP contribution >= 0.6 is 0 Å². The van der Waals surface area contributed by atoms with Crippen molar-refractivity contribution in [2.24, 2.45) is 0 Å². The average molecular weight is 314 g/mol. The minimum absolute atomic E-state index is 0.0226. The number of nitrogens with zero attached hydrogens (tertiary/aromatic N) is 1. The van der Waals surface area contributed by atoms with Gasteiger partial charge in [-0.05, 0) is 29.8 Å². The van der Waals surface area contributed by atoms with Gasteiger partial charge in [0.1, 0.15) is 6.61 Å². The van der Waals surface area contributed by atoms with Crippen molar-refractivity contribution in [1.29, 1.82) is 0 Å². The molecule has 2 rings (SSSR count). The van der Waals surface area contributed by atoms with Crippen molar-refractivity contribution >= 4 is 23.3 Å². The van der Waals surface area contributed by atoms with Gasteiger partial charge in [-0.15, -0.1) is 0 Å². The Labute approximate surface area is 132 Å². The summed E-state index contributed by atoms with van der Waals surface area (Å²) in [6, 6.07) is 12.2. The molecule has 0 fully saturated rings. The maximum atomic E-state index is 12.1. The van der Waals surface area contributed by atoms with E-state index in [1.165, 1.54) is 31.2 Å². The van der Waals surface area contributed by atoms with E-state index in [-0.39, 0.29) is 23.8 Å². The molecule has 0 aliphatic carbocycles. The van der Waals surface area contributed by atoms with Crippen molar-refractivity contribution < 1.29 is 19.2 Å². The van der Waals surface area contributed by atoms with Crippen LogP contribution in [-0.2, 0) is 16.1 Å². The number of rotatable bonds is 5. The first kappa shape index (κ1) is 16.2. The Hall–Kier alpha value is -3.22. The van der Waals surface area contributed by atoms with Crippen molar-refractivity contribution in [3.8, 4) is 0 Å². The van der Waals surface area contributed by atoms with Crippen LogP contribution in [0.5, 0.6) is 0 Å². The van der Waals surface area contributed by atoms with E-state index >= 15 is 0 Å². The number of esters is 1. The summed E-state index contributed by atoms with van der Waals surface area (Å²) in [5.41, 5.74) is 1.20. The summed E-state index contributed by atoms with van der Waals surface area (Å²) in [7, 11) is 0. The predicted molar refractivity (Wildman–Crippen MR) is 83.0 cm³/mol. The molecule has 0 heterocycles. The highest BCUT2D eigenvalue weighted by molar-refractivity contribution is 6.00. The number of non-ortho nitro benzene ring substituents is 1. The van der Waals surface area contributed by atoms with Gasteiger partial charge in [-0.2, -0.15) is 0 Å². The molecule has 7 heteroatoms. The molecule has 1 N–H and O–H groups in total. The number of hydrogen-bond donors (Lipinski definition) is 1. The van der Waals surface area contributed by atoms with E-state index in [0.29, 0.717) is 11.3 Å². The van der Waals surface area contributed by atoms with Crippen LogP contribution in [0.25, 0.3) is 0 Å². The smallest absolute Gasteiger partial charge is 0.340 e.